The molecule has 0 saturated heterocycles. The maximum atomic E-state index is 11.8. The Morgan fingerprint density at radius 1 is 1.15 bits per heavy atom. The number of amides is 1. The second-order valence-corrected chi connectivity index (χ2v) is 7.71. The molecule has 0 unspecified atom stereocenters. The highest BCUT2D eigenvalue weighted by molar-refractivity contribution is 5.79. The summed E-state index contributed by atoms with van der Waals surface area (Å²) in [5.41, 5.74) is 6.34. The van der Waals surface area contributed by atoms with Gasteiger partial charge in [0.2, 0.25) is 0 Å². The molecule has 0 bridgehead atoms. The van der Waals surface area contributed by atoms with Crippen LogP contribution >= 0.6 is 0 Å². The molecule has 1 amide bonds. The van der Waals surface area contributed by atoms with E-state index in [9.17, 15) is 4.79 Å². The molecule has 0 aliphatic carbocycles. The SMILES string of the molecule is CC(C)=CCC/C(C)=C/C=N/NC(=O)COc1ccc(C(C)(C)C)cc1. The lowest BCUT2D eigenvalue weighted by atomic mass is 9.87. The largest absolute Gasteiger partial charge is 0.484 e. The van der Waals surface area contributed by atoms with Gasteiger partial charge in [-0.2, -0.15) is 5.10 Å². The normalized spacial score (nSPS) is 12.2. The zero-order valence-electron chi connectivity index (χ0n) is 16.9. The van der Waals surface area contributed by atoms with Gasteiger partial charge in [-0.1, -0.05) is 50.1 Å². The summed E-state index contributed by atoms with van der Waals surface area (Å²) >= 11 is 0. The third-order valence-electron chi connectivity index (χ3n) is 3.80. The standard InChI is InChI=1S/C22H32N2O2/c1-17(2)8-7-9-18(3)14-15-23-24-21(25)16-26-20-12-10-19(11-13-20)22(4,5)6/h8,10-15H,7,9,16H2,1-6H3,(H,24,25)/b18-14+,23-15+. The lowest BCUT2D eigenvalue weighted by molar-refractivity contribution is -0.123. The minimum Gasteiger partial charge on any atom is -0.484 e. The molecule has 0 radical (unpaired) electrons. The zero-order valence-corrected chi connectivity index (χ0v) is 16.9. The van der Waals surface area contributed by atoms with Crippen molar-refractivity contribution < 1.29 is 9.53 Å². The molecule has 0 heterocycles. The van der Waals surface area contributed by atoms with Crippen LogP contribution in [0.15, 0.2) is 52.7 Å². The van der Waals surface area contributed by atoms with E-state index in [1.807, 2.05) is 30.3 Å². The van der Waals surface area contributed by atoms with Crippen molar-refractivity contribution >= 4 is 12.1 Å². The minimum atomic E-state index is -0.281. The molecule has 1 N–H and O–H groups in total. The van der Waals surface area contributed by atoms with Gasteiger partial charge in [-0.15, -0.1) is 0 Å². The number of nitrogens with zero attached hydrogens (tertiary/aromatic N) is 1. The van der Waals surface area contributed by atoms with Gasteiger partial charge in [0.25, 0.3) is 5.91 Å². The van der Waals surface area contributed by atoms with Crippen LogP contribution in [-0.2, 0) is 10.2 Å². The second kappa shape index (κ2) is 10.6. The Kier molecular flexibility index (Phi) is 8.83. The fraction of sp³-hybridized carbons (Fsp3) is 0.455. The van der Waals surface area contributed by atoms with Gasteiger partial charge in [-0.25, -0.2) is 5.43 Å². The zero-order chi connectivity index (χ0) is 19.6. The van der Waals surface area contributed by atoms with Crippen molar-refractivity contribution in [2.75, 3.05) is 6.61 Å². The number of carbonyl (C=O) groups excluding carboxylic acids is 1. The van der Waals surface area contributed by atoms with Crippen molar-refractivity contribution in [1.29, 1.82) is 0 Å². The van der Waals surface area contributed by atoms with E-state index < -0.39 is 0 Å². The first-order valence-corrected chi connectivity index (χ1v) is 9.03. The number of hydrogen-bond donors (Lipinski definition) is 1. The molecule has 1 aromatic carbocycles. The van der Waals surface area contributed by atoms with Crippen molar-refractivity contribution in [1.82, 2.24) is 5.43 Å². The first-order valence-electron chi connectivity index (χ1n) is 9.03. The number of carbonyl (C=O) groups is 1. The van der Waals surface area contributed by atoms with Gasteiger partial charge < -0.3 is 4.74 Å². The maximum Gasteiger partial charge on any atom is 0.277 e. The van der Waals surface area contributed by atoms with Crippen molar-refractivity contribution in [3.8, 4) is 5.75 Å². The summed E-state index contributed by atoms with van der Waals surface area (Å²) in [4.78, 5) is 11.8. The van der Waals surface area contributed by atoms with Crippen LogP contribution in [0.2, 0.25) is 0 Å². The van der Waals surface area contributed by atoms with Crippen LogP contribution in [0.25, 0.3) is 0 Å². The Morgan fingerprint density at radius 3 is 2.38 bits per heavy atom. The number of rotatable bonds is 8. The number of nitrogens with one attached hydrogen (secondary N) is 1. The van der Waals surface area contributed by atoms with E-state index >= 15 is 0 Å². The van der Waals surface area contributed by atoms with Gasteiger partial charge in [0.15, 0.2) is 6.61 Å². The Labute approximate surface area is 158 Å². The van der Waals surface area contributed by atoms with Crippen LogP contribution in [0.1, 0.15) is 59.9 Å². The van der Waals surface area contributed by atoms with Crippen molar-refractivity contribution in [2.45, 2.75) is 59.8 Å². The summed E-state index contributed by atoms with van der Waals surface area (Å²) in [6.45, 7) is 12.7. The summed E-state index contributed by atoms with van der Waals surface area (Å²) in [6.07, 6.45) is 7.73. The minimum absolute atomic E-state index is 0.0600. The average Bonchev–Trinajstić information content (AvgIpc) is 2.56. The molecular weight excluding hydrogens is 324 g/mol. The molecule has 1 rings (SSSR count). The highest BCUT2D eigenvalue weighted by Gasteiger charge is 2.13. The van der Waals surface area contributed by atoms with Crippen LogP contribution in [-0.4, -0.2) is 18.7 Å². The molecule has 4 nitrogen and oxygen atoms in total. The molecule has 0 saturated carbocycles. The molecule has 0 atom stereocenters. The molecule has 0 spiro atoms. The molecular formula is C22H32N2O2. The quantitative estimate of drug-likeness (QED) is 0.397. The van der Waals surface area contributed by atoms with Gasteiger partial charge >= 0.3 is 0 Å². The number of ether oxygens (including phenoxy) is 1. The summed E-state index contributed by atoms with van der Waals surface area (Å²) in [5.74, 6) is 0.392. The molecule has 4 heteroatoms. The summed E-state index contributed by atoms with van der Waals surface area (Å²) in [5, 5.41) is 3.92. The van der Waals surface area contributed by atoms with E-state index in [4.69, 9.17) is 4.74 Å². The van der Waals surface area contributed by atoms with Crippen LogP contribution in [0.5, 0.6) is 5.75 Å². The fourth-order valence-electron chi connectivity index (χ4n) is 2.18. The van der Waals surface area contributed by atoms with Gasteiger partial charge in [0.05, 0.1) is 0 Å². The third kappa shape index (κ3) is 9.21. The van der Waals surface area contributed by atoms with E-state index in [0.717, 1.165) is 12.8 Å². The summed E-state index contributed by atoms with van der Waals surface area (Å²) in [6, 6.07) is 7.81. The first-order chi connectivity index (χ1) is 12.2. The number of allylic oxidation sites excluding steroid dienone is 4. The number of benzene rings is 1. The van der Waals surface area contributed by atoms with Gasteiger partial charge in [-0.3, -0.25) is 4.79 Å². The smallest absolute Gasteiger partial charge is 0.277 e. The Morgan fingerprint density at radius 2 is 1.81 bits per heavy atom. The van der Waals surface area contributed by atoms with Crippen molar-refractivity contribution in [3.63, 3.8) is 0 Å². The molecule has 0 aliphatic heterocycles. The summed E-state index contributed by atoms with van der Waals surface area (Å²) in [7, 11) is 0. The molecule has 0 aromatic heterocycles. The maximum absolute atomic E-state index is 11.8. The Balaban J connectivity index is 2.35. The van der Waals surface area contributed by atoms with Crippen LogP contribution in [0, 0.1) is 0 Å². The van der Waals surface area contributed by atoms with E-state index in [1.54, 1.807) is 6.21 Å². The summed E-state index contributed by atoms with van der Waals surface area (Å²) < 4.78 is 5.48. The van der Waals surface area contributed by atoms with Crippen molar-refractivity contribution in [3.05, 3.63) is 53.1 Å². The third-order valence-corrected chi connectivity index (χ3v) is 3.80. The van der Waals surface area contributed by atoms with Crippen LogP contribution in [0.4, 0.5) is 0 Å². The highest BCUT2D eigenvalue weighted by Crippen LogP contribution is 2.24. The predicted octanol–water partition coefficient (Wildman–Crippen LogP) is 5.16. The van der Waals surface area contributed by atoms with E-state index in [2.05, 4.69) is 58.1 Å². The molecule has 142 valence electrons. The van der Waals surface area contributed by atoms with E-state index in [0.29, 0.717) is 5.75 Å². The molecule has 0 aliphatic rings. The Bertz CT molecular complexity index is 658. The molecule has 1 aromatic rings. The lowest BCUT2D eigenvalue weighted by Gasteiger charge is -2.19. The number of hydrazone groups is 1. The number of hydrogen-bond acceptors (Lipinski definition) is 3. The molecule has 26 heavy (non-hydrogen) atoms. The second-order valence-electron chi connectivity index (χ2n) is 7.71. The van der Waals surface area contributed by atoms with Gasteiger partial charge in [0, 0.05) is 6.21 Å². The van der Waals surface area contributed by atoms with Gasteiger partial charge in [-0.05, 0) is 62.8 Å². The Hall–Kier alpha value is -2.36. The topological polar surface area (TPSA) is 50.7 Å². The first kappa shape index (κ1) is 21.7. The van der Waals surface area contributed by atoms with Crippen LogP contribution < -0.4 is 10.2 Å². The average molecular weight is 357 g/mol. The fourth-order valence-corrected chi connectivity index (χ4v) is 2.18. The lowest BCUT2D eigenvalue weighted by Crippen LogP contribution is -2.24. The van der Waals surface area contributed by atoms with E-state index in [-0.39, 0.29) is 17.9 Å². The van der Waals surface area contributed by atoms with Crippen molar-refractivity contribution in [2.24, 2.45) is 5.10 Å². The van der Waals surface area contributed by atoms with E-state index in [1.165, 1.54) is 16.7 Å². The molecule has 0 fully saturated rings. The monoisotopic (exact) mass is 356 g/mol. The predicted molar refractivity (Wildman–Crippen MR) is 110 cm³/mol. The van der Waals surface area contributed by atoms with Crippen LogP contribution in [0.3, 0.4) is 0 Å². The van der Waals surface area contributed by atoms with Gasteiger partial charge in [0.1, 0.15) is 5.75 Å². The highest BCUT2D eigenvalue weighted by atomic mass is 16.5.